The predicted molar refractivity (Wildman–Crippen MR) is 53.1 cm³/mol. The van der Waals surface area contributed by atoms with Crippen LogP contribution in [0.2, 0.25) is 0 Å². The lowest BCUT2D eigenvalue weighted by Gasteiger charge is -2.06. The van der Waals surface area contributed by atoms with E-state index in [4.69, 9.17) is 9.15 Å². The summed E-state index contributed by atoms with van der Waals surface area (Å²) < 4.78 is 22.5. The molecule has 15 heavy (non-hydrogen) atoms. The maximum Gasteiger partial charge on any atom is 0.235 e. The Balaban J connectivity index is 2.17. The van der Waals surface area contributed by atoms with Gasteiger partial charge >= 0.3 is 0 Å². The molecule has 0 fully saturated rings. The summed E-state index contributed by atoms with van der Waals surface area (Å²) in [7, 11) is 0. The lowest BCUT2D eigenvalue weighted by atomic mass is 10.2. The van der Waals surface area contributed by atoms with Crippen molar-refractivity contribution >= 4 is 0 Å². The third kappa shape index (κ3) is 2.34. The Bertz CT molecular complexity index is 409. The Labute approximate surface area is 86.5 Å². The Hall–Kier alpha value is -1.84. The highest BCUT2D eigenvalue weighted by atomic mass is 19.1. The van der Waals surface area contributed by atoms with Gasteiger partial charge in [-0.1, -0.05) is 0 Å². The molecule has 4 heteroatoms. The van der Waals surface area contributed by atoms with Gasteiger partial charge in [0.05, 0.1) is 6.20 Å². The summed E-state index contributed by atoms with van der Waals surface area (Å²) in [6.07, 6.45) is 1.77. The van der Waals surface area contributed by atoms with E-state index >= 15 is 0 Å². The largest absolute Gasteiger partial charge is 0.461 e. The maximum atomic E-state index is 12.5. The van der Waals surface area contributed by atoms with Gasteiger partial charge < -0.3 is 9.15 Å². The van der Waals surface area contributed by atoms with Crippen LogP contribution in [0.3, 0.4) is 0 Å². The quantitative estimate of drug-likeness (QED) is 0.775. The summed E-state index contributed by atoms with van der Waals surface area (Å²) in [4.78, 5) is 4.00. The molecule has 2 aromatic rings. The molecule has 0 spiro atoms. The van der Waals surface area contributed by atoms with E-state index in [1.807, 2.05) is 0 Å². The van der Waals surface area contributed by atoms with Gasteiger partial charge in [-0.05, 0) is 24.3 Å². The molecule has 0 N–H and O–H groups in total. The average molecular weight is 207 g/mol. The van der Waals surface area contributed by atoms with Crippen LogP contribution in [0.25, 0.3) is 11.5 Å². The van der Waals surface area contributed by atoms with Crippen LogP contribution in [-0.4, -0.2) is 11.3 Å². The Morgan fingerprint density at radius 1 is 1.33 bits per heavy atom. The second kappa shape index (κ2) is 4.13. The monoisotopic (exact) mass is 207 g/mol. The normalized spacial score (nSPS) is 12.4. The molecular weight excluding hydrogens is 197 g/mol. The SMILES string of the molecule is CC(F)Oc1ccc(-c2ncco2)cc1. The summed E-state index contributed by atoms with van der Waals surface area (Å²) in [6, 6.07) is 6.89. The second-order valence-electron chi connectivity index (χ2n) is 3.02. The first kappa shape index (κ1) is 9.71. The number of nitrogens with zero attached hydrogens (tertiary/aromatic N) is 1. The van der Waals surface area contributed by atoms with Gasteiger partial charge in [0.25, 0.3) is 0 Å². The van der Waals surface area contributed by atoms with Crippen molar-refractivity contribution in [2.75, 3.05) is 0 Å². The van der Waals surface area contributed by atoms with Crippen LogP contribution in [0.1, 0.15) is 6.92 Å². The van der Waals surface area contributed by atoms with E-state index in [-0.39, 0.29) is 0 Å². The standard InChI is InChI=1S/C11H10FNO2/c1-8(12)15-10-4-2-9(3-5-10)11-13-6-7-14-11/h2-8H,1H3. The van der Waals surface area contributed by atoms with Gasteiger partial charge in [-0.2, -0.15) is 0 Å². The van der Waals surface area contributed by atoms with Gasteiger partial charge in [-0.15, -0.1) is 0 Å². The zero-order valence-corrected chi connectivity index (χ0v) is 8.18. The van der Waals surface area contributed by atoms with Crippen LogP contribution in [0.4, 0.5) is 4.39 Å². The average Bonchev–Trinajstić information content (AvgIpc) is 2.71. The van der Waals surface area contributed by atoms with Crippen molar-refractivity contribution in [3.63, 3.8) is 0 Å². The molecule has 0 aliphatic carbocycles. The van der Waals surface area contributed by atoms with Crippen LogP contribution < -0.4 is 4.74 Å². The lowest BCUT2D eigenvalue weighted by Crippen LogP contribution is -2.03. The van der Waals surface area contributed by atoms with Crippen molar-refractivity contribution in [3.8, 4) is 17.2 Å². The molecule has 1 aromatic heterocycles. The number of rotatable bonds is 3. The molecule has 0 radical (unpaired) electrons. The van der Waals surface area contributed by atoms with E-state index < -0.39 is 6.36 Å². The summed E-state index contributed by atoms with van der Waals surface area (Å²) in [6.45, 7) is 1.34. The van der Waals surface area contributed by atoms with E-state index in [0.29, 0.717) is 11.6 Å². The Morgan fingerprint density at radius 3 is 2.60 bits per heavy atom. The molecule has 2 rings (SSSR count). The number of halogens is 1. The van der Waals surface area contributed by atoms with Crippen LogP contribution in [0.5, 0.6) is 5.75 Å². The van der Waals surface area contributed by atoms with E-state index in [1.54, 1.807) is 30.5 Å². The number of aromatic nitrogens is 1. The molecule has 3 nitrogen and oxygen atoms in total. The molecule has 0 saturated carbocycles. The minimum absolute atomic E-state index is 0.486. The fourth-order valence-electron chi connectivity index (χ4n) is 1.23. The number of ether oxygens (including phenoxy) is 1. The topological polar surface area (TPSA) is 35.3 Å². The smallest absolute Gasteiger partial charge is 0.235 e. The summed E-state index contributed by atoms with van der Waals surface area (Å²) in [5.74, 6) is 1.02. The van der Waals surface area contributed by atoms with Crippen molar-refractivity contribution < 1.29 is 13.5 Å². The first-order valence-corrected chi connectivity index (χ1v) is 4.56. The Kier molecular flexibility index (Phi) is 2.67. The third-order valence-electron chi connectivity index (χ3n) is 1.83. The maximum absolute atomic E-state index is 12.5. The molecule has 1 aromatic carbocycles. The first-order valence-electron chi connectivity index (χ1n) is 4.56. The molecule has 1 unspecified atom stereocenters. The van der Waals surface area contributed by atoms with Crippen molar-refractivity contribution in [2.45, 2.75) is 13.3 Å². The molecule has 1 heterocycles. The predicted octanol–water partition coefficient (Wildman–Crippen LogP) is 3.04. The molecule has 0 saturated heterocycles. The van der Waals surface area contributed by atoms with Gasteiger partial charge in [0.1, 0.15) is 12.0 Å². The molecule has 0 amide bonds. The first-order chi connectivity index (χ1) is 7.25. The lowest BCUT2D eigenvalue weighted by molar-refractivity contribution is 0.0861. The number of hydrogen-bond acceptors (Lipinski definition) is 3. The molecular formula is C11H10FNO2. The molecule has 0 bridgehead atoms. The Morgan fingerprint density at radius 2 is 2.07 bits per heavy atom. The summed E-state index contributed by atoms with van der Waals surface area (Å²) in [5.41, 5.74) is 0.832. The van der Waals surface area contributed by atoms with Crippen LogP contribution in [-0.2, 0) is 0 Å². The molecule has 1 atom stereocenters. The van der Waals surface area contributed by atoms with Crippen LogP contribution in [0.15, 0.2) is 41.1 Å². The minimum Gasteiger partial charge on any atom is -0.461 e. The van der Waals surface area contributed by atoms with Crippen LogP contribution >= 0.6 is 0 Å². The summed E-state index contributed by atoms with van der Waals surface area (Å²) in [5, 5.41) is 0. The third-order valence-corrected chi connectivity index (χ3v) is 1.83. The van der Waals surface area contributed by atoms with E-state index in [1.165, 1.54) is 13.2 Å². The highest BCUT2D eigenvalue weighted by Gasteiger charge is 2.03. The number of hydrogen-bond donors (Lipinski definition) is 0. The van der Waals surface area contributed by atoms with Gasteiger partial charge in [0, 0.05) is 12.5 Å². The van der Waals surface area contributed by atoms with Crippen molar-refractivity contribution in [1.29, 1.82) is 0 Å². The van der Waals surface area contributed by atoms with Gasteiger partial charge in [0.15, 0.2) is 0 Å². The molecule has 0 aliphatic heterocycles. The minimum atomic E-state index is -1.31. The highest BCUT2D eigenvalue weighted by Crippen LogP contribution is 2.21. The zero-order valence-electron chi connectivity index (χ0n) is 8.18. The highest BCUT2D eigenvalue weighted by molar-refractivity contribution is 5.54. The van der Waals surface area contributed by atoms with Crippen molar-refractivity contribution in [1.82, 2.24) is 4.98 Å². The fraction of sp³-hybridized carbons (Fsp3) is 0.182. The fourth-order valence-corrected chi connectivity index (χ4v) is 1.23. The van der Waals surface area contributed by atoms with Gasteiger partial charge in [-0.25, -0.2) is 9.37 Å². The molecule has 0 aliphatic rings. The number of oxazole rings is 1. The number of benzene rings is 1. The van der Waals surface area contributed by atoms with Crippen molar-refractivity contribution in [2.24, 2.45) is 0 Å². The summed E-state index contributed by atoms with van der Waals surface area (Å²) >= 11 is 0. The zero-order chi connectivity index (χ0) is 10.7. The van der Waals surface area contributed by atoms with Gasteiger partial charge in [-0.3, -0.25) is 0 Å². The van der Waals surface area contributed by atoms with Gasteiger partial charge in [0.2, 0.25) is 12.2 Å². The van der Waals surface area contributed by atoms with Crippen molar-refractivity contribution in [3.05, 3.63) is 36.7 Å². The van der Waals surface area contributed by atoms with E-state index in [9.17, 15) is 4.39 Å². The number of alkyl halides is 1. The van der Waals surface area contributed by atoms with E-state index in [0.717, 1.165) is 5.56 Å². The van der Waals surface area contributed by atoms with Crippen LogP contribution in [0, 0.1) is 0 Å². The molecule has 78 valence electrons. The second-order valence-corrected chi connectivity index (χ2v) is 3.02. The van der Waals surface area contributed by atoms with E-state index in [2.05, 4.69) is 4.98 Å².